The molecule has 1 unspecified atom stereocenters. The molecular weight excluding hydrogens is 290 g/mol. The third kappa shape index (κ3) is 2.65. The summed E-state index contributed by atoms with van der Waals surface area (Å²) in [4.78, 5) is 18.5. The van der Waals surface area contributed by atoms with Crippen LogP contribution in [0.5, 0.6) is 0 Å². The number of aliphatic hydroxyl groups is 1. The highest BCUT2D eigenvalue weighted by Crippen LogP contribution is 2.35. The van der Waals surface area contributed by atoms with Crippen LogP contribution in [0.4, 0.5) is 5.69 Å². The van der Waals surface area contributed by atoms with Gasteiger partial charge in [-0.3, -0.25) is 9.78 Å². The first-order valence-corrected chi connectivity index (χ1v) is 8.11. The number of para-hydroxylation sites is 1. The molecule has 0 bridgehead atoms. The van der Waals surface area contributed by atoms with E-state index in [1.54, 1.807) is 0 Å². The van der Waals surface area contributed by atoms with Crippen molar-refractivity contribution in [3.8, 4) is 0 Å². The van der Waals surface area contributed by atoms with Gasteiger partial charge in [-0.15, -0.1) is 0 Å². The maximum atomic E-state index is 11.7. The number of amides is 1. The molecule has 1 aliphatic rings. The monoisotopic (exact) mass is 313 g/mol. The van der Waals surface area contributed by atoms with Crippen molar-refractivity contribution in [3.05, 3.63) is 35.5 Å². The van der Waals surface area contributed by atoms with Crippen LogP contribution in [0.1, 0.15) is 31.0 Å². The van der Waals surface area contributed by atoms with Crippen LogP contribution in [0.3, 0.4) is 0 Å². The molecule has 3 rings (SSSR count). The summed E-state index contributed by atoms with van der Waals surface area (Å²) >= 11 is 0. The molecule has 1 amide bonds. The Hall–Kier alpha value is -2.14. The first-order valence-electron chi connectivity index (χ1n) is 8.11. The summed E-state index contributed by atoms with van der Waals surface area (Å²) < 4.78 is 0. The molecule has 0 aliphatic carbocycles. The Kier molecular flexibility index (Phi) is 3.98. The minimum Gasteiger partial charge on any atom is -0.378 e. The third-order valence-electron chi connectivity index (χ3n) is 4.77. The van der Waals surface area contributed by atoms with Crippen LogP contribution in [0.2, 0.25) is 0 Å². The topological polar surface area (TPSA) is 79.4 Å². The van der Waals surface area contributed by atoms with Crippen molar-refractivity contribution in [1.82, 2.24) is 4.98 Å². The Morgan fingerprint density at radius 3 is 2.87 bits per heavy atom. The van der Waals surface area contributed by atoms with Gasteiger partial charge in [0.2, 0.25) is 0 Å². The number of hydrogen-bond acceptors (Lipinski definition) is 4. The fourth-order valence-corrected chi connectivity index (χ4v) is 3.57. The molecule has 1 aromatic carbocycles. The largest absolute Gasteiger partial charge is 0.378 e. The minimum atomic E-state index is -1.46. The summed E-state index contributed by atoms with van der Waals surface area (Å²) in [6.07, 6.45) is 2.01. The normalized spacial score (nSPS) is 21.6. The number of aromatic nitrogens is 1. The van der Waals surface area contributed by atoms with Gasteiger partial charge in [0.05, 0.1) is 17.7 Å². The van der Waals surface area contributed by atoms with Gasteiger partial charge in [-0.05, 0) is 37.8 Å². The Balaban J connectivity index is 2.16. The zero-order chi connectivity index (χ0) is 16.6. The van der Waals surface area contributed by atoms with Crippen molar-refractivity contribution in [2.75, 3.05) is 18.0 Å². The number of carbonyl (C=O) groups excluding carboxylic acids is 1. The number of benzene rings is 1. The number of pyridine rings is 1. The zero-order valence-corrected chi connectivity index (χ0v) is 13.7. The van der Waals surface area contributed by atoms with Gasteiger partial charge in [0.1, 0.15) is 0 Å². The second-order valence-electron chi connectivity index (χ2n) is 6.32. The highest BCUT2D eigenvalue weighted by Gasteiger charge is 2.39. The van der Waals surface area contributed by atoms with E-state index in [2.05, 4.69) is 11.8 Å². The number of hydrogen-bond donors (Lipinski definition) is 2. The van der Waals surface area contributed by atoms with E-state index in [9.17, 15) is 9.90 Å². The number of nitrogens with two attached hydrogens (primary N) is 1. The first-order chi connectivity index (χ1) is 11.0. The van der Waals surface area contributed by atoms with Crippen LogP contribution in [-0.4, -0.2) is 34.7 Å². The quantitative estimate of drug-likeness (QED) is 0.907. The summed E-state index contributed by atoms with van der Waals surface area (Å²) in [6.45, 7) is 5.16. The minimum absolute atomic E-state index is 0.239. The van der Waals surface area contributed by atoms with Crippen LogP contribution in [-0.2, 0) is 11.2 Å². The number of piperidine rings is 1. The molecule has 2 aromatic rings. The van der Waals surface area contributed by atoms with Crippen molar-refractivity contribution < 1.29 is 9.90 Å². The van der Waals surface area contributed by atoms with Gasteiger partial charge in [-0.1, -0.05) is 25.1 Å². The molecule has 5 nitrogen and oxygen atoms in total. The lowest BCUT2D eigenvalue weighted by Crippen LogP contribution is -2.56. The fraction of sp³-hybridized carbons (Fsp3) is 0.444. The van der Waals surface area contributed by atoms with Gasteiger partial charge in [0.25, 0.3) is 5.91 Å². The summed E-state index contributed by atoms with van der Waals surface area (Å²) in [5, 5.41) is 11.6. The molecule has 1 aliphatic heterocycles. The molecule has 1 fully saturated rings. The molecule has 0 spiro atoms. The Bertz CT molecular complexity index is 759. The average molecular weight is 313 g/mol. The van der Waals surface area contributed by atoms with Gasteiger partial charge in [-0.25, -0.2) is 0 Å². The molecule has 122 valence electrons. The number of primary amides is 1. The van der Waals surface area contributed by atoms with Crippen molar-refractivity contribution in [1.29, 1.82) is 0 Å². The predicted octanol–water partition coefficient (Wildman–Crippen LogP) is 1.92. The zero-order valence-electron chi connectivity index (χ0n) is 13.7. The van der Waals surface area contributed by atoms with Gasteiger partial charge in [0.15, 0.2) is 5.60 Å². The number of anilines is 1. The molecule has 5 heteroatoms. The second kappa shape index (κ2) is 5.81. The smallest absolute Gasteiger partial charge is 0.251 e. The van der Waals surface area contributed by atoms with Gasteiger partial charge in [-0.2, -0.15) is 0 Å². The number of nitrogens with zero attached hydrogens (tertiary/aromatic N) is 2. The van der Waals surface area contributed by atoms with Crippen molar-refractivity contribution in [2.45, 2.75) is 38.7 Å². The Morgan fingerprint density at radius 1 is 1.43 bits per heavy atom. The maximum Gasteiger partial charge on any atom is 0.251 e. The third-order valence-corrected chi connectivity index (χ3v) is 4.77. The van der Waals surface area contributed by atoms with Gasteiger partial charge >= 0.3 is 0 Å². The lowest BCUT2D eigenvalue weighted by molar-refractivity contribution is -0.137. The standard InChI is InChI=1S/C18H23N3O2/c1-3-13-12(2)20-15-8-5-4-7-14(15)16(13)21-10-6-9-18(23,11-21)17(19)22/h4-5,7-8,23H,3,6,9-11H2,1-2H3,(H2,19,22). The summed E-state index contributed by atoms with van der Waals surface area (Å²) in [6, 6.07) is 8.01. The summed E-state index contributed by atoms with van der Waals surface area (Å²) in [5.74, 6) is -0.643. The maximum absolute atomic E-state index is 11.7. The van der Waals surface area contributed by atoms with Crippen LogP contribution < -0.4 is 10.6 Å². The van der Waals surface area contributed by atoms with Crippen LogP contribution >= 0.6 is 0 Å². The second-order valence-corrected chi connectivity index (χ2v) is 6.32. The van der Waals surface area contributed by atoms with Crippen LogP contribution in [0.25, 0.3) is 10.9 Å². The van der Waals surface area contributed by atoms with Crippen molar-refractivity contribution >= 4 is 22.5 Å². The van der Waals surface area contributed by atoms with E-state index < -0.39 is 11.5 Å². The first kappa shape index (κ1) is 15.7. The number of aryl methyl sites for hydroxylation is 1. The molecular formula is C18H23N3O2. The molecule has 0 radical (unpaired) electrons. The van der Waals surface area contributed by atoms with E-state index in [0.29, 0.717) is 6.42 Å². The summed E-state index contributed by atoms with van der Waals surface area (Å²) in [7, 11) is 0. The molecule has 3 N–H and O–H groups in total. The Labute approximate surface area is 136 Å². The predicted molar refractivity (Wildman–Crippen MR) is 91.4 cm³/mol. The lowest BCUT2D eigenvalue weighted by atomic mass is 9.90. The van der Waals surface area contributed by atoms with E-state index in [-0.39, 0.29) is 6.54 Å². The van der Waals surface area contributed by atoms with E-state index in [0.717, 1.165) is 47.2 Å². The van der Waals surface area contributed by atoms with Gasteiger partial charge < -0.3 is 15.7 Å². The van der Waals surface area contributed by atoms with Crippen molar-refractivity contribution in [2.24, 2.45) is 5.73 Å². The Morgan fingerprint density at radius 2 is 2.17 bits per heavy atom. The highest BCUT2D eigenvalue weighted by molar-refractivity contribution is 5.94. The number of β-amino-alcohol motifs (C(OH)–C–C–N with tert-alkyl or cyclic N) is 1. The molecule has 1 aromatic heterocycles. The van der Waals surface area contributed by atoms with E-state index in [4.69, 9.17) is 10.7 Å². The molecule has 23 heavy (non-hydrogen) atoms. The number of fused-ring (bicyclic) bond motifs is 1. The average Bonchev–Trinajstić information content (AvgIpc) is 2.53. The highest BCUT2D eigenvalue weighted by atomic mass is 16.3. The van der Waals surface area contributed by atoms with E-state index in [1.165, 1.54) is 0 Å². The molecule has 2 heterocycles. The molecule has 0 saturated carbocycles. The van der Waals surface area contributed by atoms with Crippen molar-refractivity contribution in [3.63, 3.8) is 0 Å². The van der Waals surface area contributed by atoms with E-state index in [1.807, 2.05) is 31.2 Å². The number of rotatable bonds is 3. The molecule has 1 atom stereocenters. The number of carbonyl (C=O) groups is 1. The summed E-state index contributed by atoms with van der Waals surface area (Å²) in [5.41, 5.74) is 8.14. The lowest BCUT2D eigenvalue weighted by Gasteiger charge is -2.39. The van der Waals surface area contributed by atoms with Crippen LogP contribution in [0, 0.1) is 6.92 Å². The SMILES string of the molecule is CCc1c(C)nc2ccccc2c1N1CCCC(O)(C(N)=O)C1. The van der Waals surface area contributed by atoms with Gasteiger partial charge in [0, 0.05) is 17.6 Å². The van der Waals surface area contributed by atoms with Crippen LogP contribution in [0.15, 0.2) is 24.3 Å². The fourth-order valence-electron chi connectivity index (χ4n) is 3.57. The molecule has 1 saturated heterocycles. The van der Waals surface area contributed by atoms with E-state index >= 15 is 0 Å².